The number of nitrogens with two attached hydrogens (primary N) is 1. The summed E-state index contributed by atoms with van der Waals surface area (Å²) < 4.78 is 0. The SMILES string of the molecule is NCC1CN(C(=O)c2ccc(Nc3nccc(-c4ccc(Cl)cc4)n3)cc2)CCN1. The fraction of sp³-hybridized carbons (Fsp3) is 0.227. The summed E-state index contributed by atoms with van der Waals surface area (Å²) >= 11 is 5.96. The Kier molecular flexibility index (Phi) is 6.23. The molecular weight excluding hydrogens is 400 g/mol. The highest BCUT2D eigenvalue weighted by molar-refractivity contribution is 6.30. The van der Waals surface area contributed by atoms with Gasteiger partial charge in [0.1, 0.15) is 0 Å². The van der Waals surface area contributed by atoms with Crippen molar-refractivity contribution in [2.24, 2.45) is 5.73 Å². The molecule has 30 heavy (non-hydrogen) atoms. The number of hydrogen-bond donors (Lipinski definition) is 3. The van der Waals surface area contributed by atoms with E-state index in [0.29, 0.717) is 36.2 Å². The van der Waals surface area contributed by atoms with E-state index in [2.05, 4.69) is 20.6 Å². The number of halogens is 1. The van der Waals surface area contributed by atoms with Crippen molar-refractivity contribution < 1.29 is 4.79 Å². The van der Waals surface area contributed by atoms with Crippen LogP contribution in [0.2, 0.25) is 5.02 Å². The first-order valence-corrected chi connectivity index (χ1v) is 10.2. The number of carbonyl (C=O) groups excluding carboxylic acids is 1. The van der Waals surface area contributed by atoms with Gasteiger partial charge in [0.15, 0.2) is 0 Å². The second-order valence-electron chi connectivity index (χ2n) is 7.11. The third-order valence-corrected chi connectivity index (χ3v) is 5.26. The number of carbonyl (C=O) groups is 1. The van der Waals surface area contributed by atoms with E-state index < -0.39 is 0 Å². The van der Waals surface area contributed by atoms with Gasteiger partial charge in [-0.1, -0.05) is 23.7 Å². The molecule has 2 aromatic carbocycles. The molecule has 154 valence electrons. The first-order valence-electron chi connectivity index (χ1n) is 9.81. The Labute approximate surface area is 180 Å². The summed E-state index contributed by atoms with van der Waals surface area (Å²) in [6.07, 6.45) is 1.70. The zero-order valence-corrected chi connectivity index (χ0v) is 17.1. The molecule has 1 unspecified atom stereocenters. The quantitative estimate of drug-likeness (QED) is 0.585. The number of benzene rings is 2. The molecular formula is C22H23ClN6O. The van der Waals surface area contributed by atoms with E-state index in [9.17, 15) is 4.79 Å². The van der Waals surface area contributed by atoms with Crippen LogP contribution in [0.3, 0.4) is 0 Å². The van der Waals surface area contributed by atoms with Gasteiger partial charge in [-0.3, -0.25) is 4.79 Å². The number of rotatable bonds is 5. The minimum Gasteiger partial charge on any atom is -0.336 e. The molecule has 1 amide bonds. The summed E-state index contributed by atoms with van der Waals surface area (Å²) in [5.41, 5.74) is 8.93. The maximum absolute atomic E-state index is 12.8. The first kappa shape index (κ1) is 20.3. The van der Waals surface area contributed by atoms with Crippen LogP contribution >= 0.6 is 11.6 Å². The van der Waals surface area contributed by atoms with E-state index in [4.69, 9.17) is 17.3 Å². The zero-order chi connectivity index (χ0) is 20.9. The molecule has 1 aliphatic heterocycles. The second kappa shape index (κ2) is 9.21. The van der Waals surface area contributed by atoms with E-state index in [1.807, 2.05) is 59.5 Å². The van der Waals surface area contributed by atoms with Crippen LogP contribution in [-0.2, 0) is 0 Å². The highest BCUT2D eigenvalue weighted by atomic mass is 35.5. The van der Waals surface area contributed by atoms with Gasteiger partial charge in [0.05, 0.1) is 5.69 Å². The van der Waals surface area contributed by atoms with Gasteiger partial charge in [-0.25, -0.2) is 9.97 Å². The molecule has 0 spiro atoms. The minimum absolute atomic E-state index is 0.0162. The molecule has 0 saturated carbocycles. The van der Waals surface area contributed by atoms with Gasteiger partial charge in [0.25, 0.3) is 5.91 Å². The lowest BCUT2D eigenvalue weighted by molar-refractivity contribution is 0.0706. The van der Waals surface area contributed by atoms with Crippen molar-refractivity contribution in [3.8, 4) is 11.3 Å². The third-order valence-electron chi connectivity index (χ3n) is 5.01. The zero-order valence-electron chi connectivity index (χ0n) is 16.4. The second-order valence-corrected chi connectivity index (χ2v) is 7.55. The molecule has 0 radical (unpaired) electrons. The smallest absolute Gasteiger partial charge is 0.253 e. The van der Waals surface area contributed by atoms with Crippen LogP contribution in [0.25, 0.3) is 11.3 Å². The van der Waals surface area contributed by atoms with Crippen LogP contribution in [0.15, 0.2) is 60.8 Å². The number of nitrogens with zero attached hydrogens (tertiary/aromatic N) is 3. The first-order chi connectivity index (χ1) is 14.6. The van der Waals surface area contributed by atoms with Crippen molar-refractivity contribution in [1.82, 2.24) is 20.2 Å². The molecule has 0 aliphatic carbocycles. The monoisotopic (exact) mass is 422 g/mol. The maximum atomic E-state index is 12.8. The molecule has 1 aliphatic rings. The van der Waals surface area contributed by atoms with Crippen LogP contribution in [0, 0.1) is 0 Å². The Morgan fingerprint density at radius 2 is 1.93 bits per heavy atom. The summed E-state index contributed by atoms with van der Waals surface area (Å²) in [7, 11) is 0. The van der Waals surface area contributed by atoms with Crippen molar-refractivity contribution in [2.45, 2.75) is 6.04 Å². The van der Waals surface area contributed by atoms with Gasteiger partial charge in [0, 0.05) is 60.3 Å². The predicted octanol–water partition coefficient (Wildman–Crippen LogP) is 2.91. The highest BCUT2D eigenvalue weighted by Gasteiger charge is 2.23. The fourth-order valence-electron chi connectivity index (χ4n) is 3.38. The van der Waals surface area contributed by atoms with Gasteiger partial charge in [0.2, 0.25) is 5.95 Å². The van der Waals surface area contributed by atoms with Crippen molar-refractivity contribution in [1.29, 1.82) is 0 Å². The Morgan fingerprint density at radius 3 is 2.67 bits per heavy atom. The molecule has 0 bridgehead atoms. The van der Waals surface area contributed by atoms with Crippen molar-refractivity contribution >= 4 is 29.1 Å². The van der Waals surface area contributed by atoms with Crippen LogP contribution < -0.4 is 16.4 Å². The summed E-state index contributed by atoms with van der Waals surface area (Å²) in [4.78, 5) is 23.4. The van der Waals surface area contributed by atoms with Gasteiger partial charge >= 0.3 is 0 Å². The number of aromatic nitrogens is 2. The van der Waals surface area contributed by atoms with E-state index in [-0.39, 0.29) is 11.9 Å². The number of amides is 1. The summed E-state index contributed by atoms with van der Waals surface area (Å²) in [6.45, 7) is 2.58. The molecule has 1 atom stereocenters. The Bertz CT molecular complexity index is 1010. The number of anilines is 2. The predicted molar refractivity (Wildman–Crippen MR) is 119 cm³/mol. The highest BCUT2D eigenvalue weighted by Crippen LogP contribution is 2.22. The van der Waals surface area contributed by atoms with E-state index in [1.54, 1.807) is 6.20 Å². The third kappa shape index (κ3) is 4.76. The lowest BCUT2D eigenvalue weighted by Crippen LogP contribution is -2.55. The Morgan fingerprint density at radius 1 is 1.17 bits per heavy atom. The number of nitrogens with one attached hydrogen (secondary N) is 2. The lowest BCUT2D eigenvalue weighted by Gasteiger charge is -2.33. The van der Waals surface area contributed by atoms with Crippen LogP contribution in [-0.4, -0.2) is 53.0 Å². The van der Waals surface area contributed by atoms with Gasteiger partial charge in [-0.05, 0) is 42.5 Å². The molecule has 3 aromatic rings. The molecule has 2 heterocycles. The van der Waals surface area contributed by atoms with Gasteiger partial charge < -0.3 is 21.3 Å². The molecule has 1 saturated heterocycles. The topological polar surface area (TPSA) is 96.2 Å². The fourth-order valence-corrected chi connectivity index (χ4v) is 3.50. The Balaban J connectivity index is 1.44. The maximum Gasteiger partial charge on any atom is 0.253 e. The summed E-state index contributed by atoms with van der Waals surface area (Å²) in [6, 6.07) is 16.8. The van der Waals surface area contributed by atoms with Gasteiger partial charge in [-0.15, -0.1) is 0 Å². The van der Waals surface area contributed by atoms with Crippen LogP contribution in [0.1, 0.15) is 10.4 Å². The molecule has 1 aromatic heterocycles. The van der Waals surface area contributed by atoms with Crippen LogP contribution in [0.5, 0.6) is 0 Å². The summed E-state index contributed by atoms with van der Waals surface area (Å²) in [5.74, 6) is 0.497. The Hall–Kier alpha value is -3.00. The normalized spacial score (nSPS) is 16.3. The van der Waals surface area contributed by atoms with Crippen molar-refractivity contribution in [3.63, 3.8) is 0 Å². The number of hydrogen-bond acceptors (Lipinski definition) is 6. The average molecular weight is 423 g/mol. The molecule has 4 N–H and O–H groups in total. The summed E-state index contributed by atoms with van der Waals surface area (Å²) in [5, 5.41) is 7.18. The van der Waals surface area contributed by atoms with E-state index in [0.717, 1.165) is 23.5 Å². The van der Waals surface area contributed by atoms with Gasteiger partial charge in [-0.2, -0.15) is 0 Å². The van der Waals surface area contributed by atoms with Crippen LogP contribution in [0.4, 0.5) is 11.6 Å². The molecule has 7 nitrogen and oxygen atoms in total. The molecule has 8 heteroatoms. The minimum atomic E-state index is 0.0162. The average Bonchev–Trinajstić information content (AvgIpc) is 2.80. The van der Waals surface area contributed by atoms with E-state index in [1.165, 1.54) is 0 Å². The standard InChI is InChI=1S/C22H23ClN6O/c23-17-5-1-15(2-6-17)20-9-10-26-22(28-20)27-18-7-3-16(4-8-18)21(30)29-12-11-25-19(13-24)14-29/h1-10,19,25H,11-14,24H2,(H,26,27,28). The lowest BCUT2D eigenvalue weighted by atomic mass is 10.1. The van der Waals surface area contributed by atoms with Crippen molar-refractivity contribution in [3.05, 3.63) is 71.4 Å². The molecule has 1 fully saturated rings. The van der Waals surface area contributed by atoms with Crippen molar-refractivity contribution in [2.75, 3.05) is 31.5 Å². The molecule has 4 rings (SSSR count). The largest absolute Gasteiger partial charge is 0.336 e. The number of piperazine rings is 1. The van der Waals surface area contributed by atoms with E-state index >= 15 is 0 Å².